The van der Waals surface area contributed by atoms with Gasteiger partial charge >= 0.3 is 6.03 Å². The molecule has 9 heteroatoms. The minimum absolute atomic E-state index is 0.483. The molecule has 1 saturated heterocycles. The van der Waals surface area contributed by atoms with E-state index in [1.54, 1.807) is 13.3 Å². The second kappa shape index (κ2) is 9.38. The van der Waals surface area contributed by atoms with Crippen molar-refractivity contribution in [2.75, 3.05) is 13.7 Å². The van der Waals surface area contributed by atoms with Crippen LogP contribution in [0.4, 0.5) is 4.79 Å². The zero-order valence-corrected chi connectivity index (χ0v) is 17.6. The van der Waals surface area contributed by atoms with Gasteiger partial charge in [0.15, 0.2) is 10.5 Å². The number of urea groups is 1. The molecular weight excluding hydrogens is 384 g/mol. The van der Waals surface area contributed by atoms with Crippen molar-refractivity contribution in [3.05, 3.63) is 29.8 Å². The highest BCUT2D eigenvalue weighted by atomic mass is 32.2. The molecule has 1 heterocycles. The van der Waals surface area contributed by atoms with Gasteiger partial charge in [0.25, 0.3) is 0 Å². The number of para-hydroxylation sites is 1. The number of ether oxygens (including phenoxy) is 1. The maximum atomic E-state index is 12.3. The summed E-state index contributed by atoms with van der Waals surface area (Å²) in [6, 6.07) is 6.88. The monoisotopic (exact) mass is 410 g/mol. The molecule has 1 atom stereocenters. The summed E-state index contributed by atoms with van der Waals surface area (Å²) in [4.78, 5) is 12.3. The number of thiocarbonyl (C=S) groups is 1. The smallest absolute Gasteiger partial charge is 0.343 e. The summed E-state index contributed by atoms with van der Waals surface area (Å²) >= 11 is 6.82. The maximum absolute atomic E-state index is 12.3. The van der Waals surface area contributed by atoms with Gasteiger partial charge in [0, 0.05) is 12.1 Å². The van der Waals surface area contributed by atoms with E-state index >= 15 is 0 Å². The fraction of sp³-hybridized carbons (Fsp3) is 0.500. The van der Waals surface area contributed by atoms with Crippen LogP contribution in [-0.4, -0.2) is 56.4 Å². The Hall–Kier alpha value is -1.84. The third-order valence-corrected chi connectivity index (χ3v) is 5.63. The van der Waals surface area contributed by atoms with E-state index in [-0.39, 0.29) is 0 Å². The minimum Gasteiger partial charge on any atom is -0.496 e. The average Bonchev–Trinajstić information content (AvgIpc) is 2.87. The van der Waals surface area contributed by atoms with E-state index in [0.29, 0.717) is 21.7 Å². The molecule has 148 valence electrons. The van der Waals surface area contributed by atoms with E-state index < -0.39 is 16.9 Å². The predicted octanol–water partition coefficient (Wildman–Crippen LogP) is 3.67. The number of nitrogens with zero attached hydrogens (tertiary/aromatic N) is 3. The van der Waals surface area contributed by atoms with Crippen LogP contribution in [0.1, 0.15) is 39.2 Å². The van der Waals surface area contributed by atoms with Gasteiger partial charge in [0.05, 0.1) is 18.1 Å². The first-order valence-corrected chi connectivity index (χ1v) is 9.99. The highest BCUT2D eigenvalue weighted by Gasteiger charge is 2.49. The van der Waals surface area contributed by atoms with Gasteiger partial charge in [-0.2, -0.15) is 10.2 Å². The van der Waals surface area contributed by atoms with Gasteiger partial charge in [0.2, 0.25) is 0 Å². The molecule has 2 rings (SSSR count). The standard InChI is InChI=1S/C18H26N4O3S2/c1-5-6-11-19-16(23)22(24)15-18(2,3)27-17(26)21(15)20-12-13-9-7-8-10-14(13)25-4/h7-10,12,15,24H,5-6,11H2,1-4H3,(H,19,23)/b20-12-/t15-/m0/s1. The third kappa shape index (κ3) is 5.12. The van der Waals surface area contributed by atoms with Gasteiger partial charge in [0.1, 0.15) is 5.75 Å². The van der Waals surface area contributed by atoms with Gasteiger partial charge in [-0.3, -0.25) is 5.21 Å². The number of amides is 2. The van der Waals surface area contributed by atoms with E-state index in [9.17, 15) is 10.0 Å². The predicted molar refractivity (Wildman–Crippen MR) is 112 cm³/mol. The summed E-state index contributed by atoms with van der Waals surface area (Å²) in [6.45, 7) is 6.36. The summed E-state index contributed by atoms with van der Waals surface area (Å²) in [6.07, 6.45) is 2.68. The Balaban J connectivity index is 2.23. The van der Waals surface area contributed by atoms with Crippen LogP contribution in [0.3, 0.4) is 0 Å². The minimum atomic E-state index is -0.734. The average molecular weight is 411 g/mol. The molecule has 2 N–H and O–H groups in total. The number of hydrazone groups is 1. The highest BCUT2D eigenvalue weighted by molar-refractivity contribution is 8.24. The molecule has 7 nitrogen and oxygen atoms in total. The number of benzene rings is 1. The summed E-state index contributed by atoms with van der Waals surface area (Å²) in [5, 5.41) is 19.9. The van der Waals surface area contributed by atoms with Crippen molar-refractivity contribution in [2.45, 2.75) is 44.5 Å². The number of hydroxylamine groups is 2. The first-order valence-electron chi connectivity index (χ1n) is 8.77. The van der Waals surface area contributed by atoms with Gasteiger partial charge in [-0.1, -0.05) is 49.5 Å². The van der Waals surface area contributed by atoms with Crippen LogP contribution in [0, 0.1) is 0 Å². The Morgan fingerprint density at radius 2 is 2.22 bits per heavy atom. The lowest BCUT2D eigenvalue weighted by molar-refractivity contribution is -0.118. The van der Waals surface area contributed by atoms with Crippen molar-refractivity contribution in [2.24, 2.45) is 5.10 Å². The van der Waals surface area contributed by atoms with Gasteiger partial charge in [-0.15, -0.1) is 0 Å². The second-order valence-corrected chi connectivity index (χ2v) is 8.89. The fourth-order valence-electron chi connectivity index (χ4n) is 2.69. The largest absolute Gasteiger partial charge is 0.496 e. The first-order chi connectivity index (χ1) is 12.8. The van der Waals surface area contributed by atoms with Gasteiger partial charge < -0.3 is 10.1 Å². The molecular formula is C18H26N4O3S2. The fourth-order valence-corrected chi connectivity index (χ4v) is 4.48. The number of hydrogen-bond acceptors (Lipinski definition) is 6. The lowest BCUT2D eigenvalue weighted by Gasteiger charge is -2.34. The van der Waals surface area contributed by atoms with Crippen molar-refractivity contribution in [1.82, 2.24) is 15.4 Å². The molecule has 1 aliphatic heterocycles. The lowest BCUT2D eigenvalue weighted by atomic mass is 10.1. The zero-order valence-electron chi connectivity index (χ0n) is 16.0. The zero-order chi connectivity index (χ0) is 20.0. The summed E-state index contributed by atoms with van der Waals surface area (Å²) < 4.78 is 5.27. The Labute approximate surface area is 169 Å². The Bertz CT molecular complexity index is 712. The summed E-state index contributed by atoms with van der Waals surface area (Å²) in [5.74, 6) is 0.674. The number of carbonyl (C=O) groups excluding carboxylic acids is 1. The number of rotatable bonds is 7. The topological polar surface area (TPSA) is 77.4 Å². The van der Waals surface area contributed by atoms with Crippen molar-refractivity contribution in [3.63, 3.8) is 0 Å². The molecule has 0 spiro atoms. The third-order valence-electron chi connectivity index (χ3n) is 4.10. The molecule has 0 radical (unpaired) electrons. The quantitative estimate of drug-likeness (QED) is 0.235. The molecule has 0 aromatic heterocycles. The number of unbranched alkanes of at least 4 members (excludes halogenated alkanes) is 1. The molecule has 1 fully saturated rings. The van der Waals surface area contributed by atoms with E-state index in [1.165, 1.54) is 16.8 Å². The summed E-state index contributed by atoms with van der Waals surface area (Å²) in [7, 11) is 1.59. The van der Waals surface area contributed by atoms with Crippen molar-refractivity contribution >= 4 is 40.5 Å². The van der Waals surface area contributed by atoms with E-state index in [0.717, 1.165) is 18.4 Å². The number of nitrogens with one attached hydrogen (secondary N) is 1. The molecule has 2 amide bonds. The van der Waals surface area contributed by atoms with Crippen molar-refractivity contribution < 1.29 is 14.7 Å². The molecule has 0 aliphatic carbocycles. The molecule has 0 bridgehead atoms. The SMILES string of the molecule is CCCCNC(=O)N(O)[C@@H]1N(/N=C\c2ccccc2OC)C(=S)SC1(C)C. The molecule has 0 unspecified atom stereocenters. The second-order valence-electron chi connectivity index (χ2n) is 6.61. The number of carbonyl (C=O) groups is 1. The Morgan fingerprint density at radius 1 is 1.52 bits per heavy atom. The Kier molecular flexibility index (Phi) is 7.46. The number of thioether (sulfide) groups is 1. The molecule has 27 heavy (non-hydrogen) atoms. The maximum Gasteiger partial charge on any atom is 0.343 e. The Morgan fingerprint density at radius 3 is 2.89 bits per heavy atom. The van der Waals surface area contributed by atoms with Crippen LogP contribution >= 0.6 is 24.0 Å². The van der Waals surface area contributed by atoms with Gasteiger partial charge in [-0.25, -0.2) is 9.80 Å². The number of methoxy groups -OCH3 is 1. The van der Waals surface area contributed by atoms with Crippen molar-refractivity contribution in [3.8, 4) is 5.75 Å². The molecule has 1 aliphatic rings. The highest BCUT2D eigenvalue weighted by Crippen LogP contribution is 2.42. The normalized spacial score (nSPS) is 18.8. The van der Waals surface area contributed by atoms with E-state index in [4.69, 9.17) is 17.0 Å². The molecule has 1 aromatic carbocycles. The van der Waals surface area contributed by atoms with Crippen LogP contribution < -0.4 is 10.1 Å². The van der Waals surface area contributed by atoms with Crippen LogP contribution in [0.5, 0.6) is 5.75 Å². The van der Waals surface area contributed by atoms with Crippen LogP contribution in [-0.2, 0) is 0 Å². The summed E-state index contributed by atoms with van der Waals surface area (Å²) in [5.41, 5.74) is 0.771. The van der Waals surface area contributed by atoms with Crippen LogP contribution in [0.2, 0.25) is 0 Å². The lowest BCUT2D eigenvalue weighted by Crippen LogP contribution is -2.55. The molecule has 0 saturated carbocycles. The van der Waals surface area contributed by atoms with Crippen LogP contribution in [0.15, 0.2) is 29.4 Å². The van der Waals surface area contributed by atoms with Crippen LogP contribution in [0.25, 0.3) is 0 Å². The molecule has 1 aromatic rings. The van der Waals surface area contributed by atoms with Crippen molar-refractivity contribution in [1.29, 1.82) is 0 Å². The van der Waals surface area contributed by atoms with E-state index in [2.05, 4.69) is 10.4 Å². The number of hydrogen-bond donors (Lipinski definition) is 2. The first kappa shape index (κ1) is 21.5. The van der Waals surface area contributed by atoms with Gasteiger partial charge in [-0.05, 0) is 32.4 Å². The van der Waals surface area contributed by atoms with E-state index in [1.807, 2.05) is 45.0 Å².